The monoisotopic (exact) mass is 340 g/mol. The number of nitrogens with zero attached hydrogens (tertiary/aromatic N) is 1. The van der Waals surface area contributed by atoms with E-state index in [1.807, 2.05) is 6.92 Å². The maximum atomic E-state index is 12.5. The molecule has 0 radical (unpaired) electrons. The zero-order valence-electron chi connectivity index (χ0n) is 13.1. The number of sulfonamides is 1. The molecular formula is C15H20N2O3S2. The lowest BCUT2D eigenvalue weighted by Crippen LogP contribution is -2.27. The molecule has 0 aliphatic carbocycles. The Morgan fingerprint density at radius 2 is 1.86 bits per heavy atom. The first-order valence-corrected chi connectivity index (χ1v) is 9.19. The number of ether oxygens (including phenoxy) is 1. The molecular weight excluding hydrogens is 320 g/mol. The topological polar surface area (TPSA) is 68.3 Å². The molecule has 1 heterocycles. The second-order valence-corrected chi connectivity index (χ2v) is 8.13. The van der Waals surface area contributed by atoms with E-state index >= 15 is 0 Å². The van der Waals surface area contributed by atoms with Crippen LogP contribution in [0.15, 0.2) is 23.2 Å². The van der Waals surface area contributed by atoms with Gasteiger partial charge >= 0.3 is 0 Å². The Morgan fingerprint density at radius 1 is 1.23 bits per heavy atom. The molecule has 0 bridgehead atoms. The molecule has 0 unspecified atom stereocenters. The smallest absolute Gasteiger partial charge is 0.241 e. The summed E-state index contributed by atoms with van der Waals surface area (Å²) >= 11 is 1.58. The highest BCUT2D eigenvalue weighted by molar-refractivity contribution is 7.89. The average molecular weight is 340 g/mol. The van der Waals surface area contributed by atoms with Crippen molar-refractivity contribution in [2.24, 2.45) is 0 Å². The minimum absolute atomic E-state index is 0.323. The minimum Gasteiger partial charge on any atom is -0.497 e. The van der Waals surface area contributed by atoms with Crippen LogP contribution in [-0.4, -0.2) is 27.1 Å². The summed E-state index contributed by atoms with van der Waals surface area (Å²) in [5, 5.41) is 0.934. The van der Waals surface area contributed by atoms with Crippen molar-refractivity contribution >= 4 is 21.4 Å². The minimum atomic E-state index is -3.54. The van der Waals surface area contributed by atoms with Gasteiger partial charge in [0.25, 0.3) is 0 Å². The molecule has 7 heteroatoms. The number of thiazole rings is 1. The average Bonchev–Trinajstić information content (AvgIpc) is 2.83. The Kier molecular flexibility index (Phi) is 5.20. The summed E-state index contributed by atoms with van der Waals surface area (Å²) in [4.78, 5) is 5.68. The van der Waals surface area contributed by atoms with Gasteiger partial charge in [0.05, 0.1) is 17.0 Å². The van der Waals surface area contributed by atoms with E-state index in [2.05, 4.69) is 9.71 Å². The highest BCUT2D eigenvalue weighted by Gasteiger charge is 2.20. The summed E-state index contributed by atoms with van der Waals surface area (Å²) in [5.41, 5.74) is 1.35. The van der Waals surface area contributed by atoms with Crippen LogP contribution in [0.2, 0.25) is 0 Å². The largest absolute Gasteiger partial charge is 0.497 e. The van der Waals surface area contributed by atoms with Crippen molar-refractivity contribution in [3.63, 3.8) is 0 Å². The standard InChI is InChI=1S/C15H20N2O3S2/c1-10-7-13(20-4)8-11(2)15(10)22(18,19)17-6-5-14-16-9-12(3)21-14/h7-9,17H,5-6H2,1-4H3. The molecule has 0 aliphatic heterocycles. The zero-order valence-corrected chi connectivity index (χ0v) is 14.8. The van der Waals surface area contributed by atoms with Crippen LogP contribution in [0.1, 0.15) is 21.0 Å². The van der Waals surface area contributed by atoms with Crippen LogP contribution in [0.25, 0.3) is 0 Å². The molecule has 0 fully saturated rings. The number of nitrogens with one attached hydrogen (secondary N) is 1. The molecule has 0 saturated heterocycles. The third-order valence-corrected chi connectivity index (χ3v) is 5.98. The molecule has 0 saturated carbocycles. The van der Waals surface area contributed by atoms with Crippen molar-refractivity contribution in [3.05, 3.63) is 39.3 Å². The summed E-state index contributed by atoms with van der Waals surface area (Å²) < 4.78 is 32.8. The van der Waals surface area contributed by atoms with Crippen molar-refractivity contribution in [2.75, 3.05) is 13.7 Å². The van der Waals surface area contributed by atoms with Crippen LogP contribution < -0.4 is 9.46 Å². The number of aryl methyl sites for hydroxylation is 3. The molecule has 1 aromatic heterocycles. The van der Waals surface area contributed by atoms with Gasteiger partial charge in [-0.2, -0.15) is 0 Å². The van der Waals surface area contributed by atoms with Gasteiger partial charge in [-0.15, -0.1) is 11.3 Å². The summed E-state index contributed by atoms with van der Waals surface area (Å²) in [5.74, 6) is 0.659. The van der Waals surface area contributed by atoms with E-state index in [9.17, 15) is 8.42 Å². The van der Waals surface area contributed by atoms with Crippen molar-refractivity contribution in [2.45, 2.75) is 32.1 Å². The predicted octanol–water partition coefficient (Wildman–Crippen LogP) is 2.60. The van der Waals surface area contributed by atoms with E-state index < -0.39 is 10.0 Å². The molecule has 0 spiro atoms. The third-order valence-electron chi connectivity index (χ3n) is 3.24. The van der Waals surface area contributed by atoms with E-state index in [-0.39, 0.29) is 0 Å². The number of hydrogen-bond acceptors (Lipinski definition) is 5. The Labute approximate surface area is 135 Å². The first kappa shape index (κ1) is 16.9. The Balaban J connectivity index is 2.13. The lowest BCUT2D eigenvalue weighted by molar-refractivity contribution is 0.413. The Hall–Kier alpha value is -1.44. The zero-order chi connectivity index (χ0) is 16.3. The van der Waals surface area contributed by atoms with E-state index in [0.717, 1.165) is 9.88 Å². The quantitative estimate of drug-likeness (QED) is 0.878. The van der Waals surface area contributed by atoms with Crippen LogP contribution in [0, 0.1) is 20.8 Å². The van der Waals surface area contributed by atoms with Gasteiger partial charge in [0.2, 0.25) is 10.0 Å². The van der Waals surface area contributed by atoms with Gasteiger partial charge in [-0.1, -0.05) is 0 Å². The second-order valence-electron chi connectivity index (χ2n) is 5.10. The molecule has 22 heavy (non-hydrogen) atoms. The molecule has 0 aliphatic rings. The van der Waals surface area contributed by atoms with Crippen molar-refractivity contribution < 1.29 is 13.2 Å². The van der Waals surface area contributed by atoms with Gasteiger partial charge < -0.3 is 4.74 Å². The van der Waals surface area contributed by atoms with E-state index in [0.29, 0.717) is 34.7 Å². The second kappa shape index (κ2) is 6.76. The molecule has 0 atom stereocenters. The number of rotatable bonds is 6. The third kappa shape index (κ3) is 3.85. The molecule has 120 valence electrons. The molecule has 2 aromatic rings. The fourth-order valence-electron chi connectivity index (χ4n) is 2.33. The summed E-state index contributed by atoms with van der Waals surface area (Å²) in [7, 11) is -1.97. The summed E-state index contributed by atoms with van der Waals surface area (Å²) in [6, 6.07) is 3.46. The maximum absolute atomic E-state index is 12.5. The Morgan fingerprint density at radius 3 is 2.36 bits per heavy atom. The predicted molar refractivity (Wildman–Crippen MR) is 88.2 cm³/mol. The van der Waals surface area contributed by atoms with Gasteiger partial charge in [0.15, 0.2) is 0 Å². The van der Waals surface area contributed by atoms with Gasteiger partial charge in [-0.25, -0.2) is 18.1 Å². The van der Waals surface area contributed by atoms with E-state index in [4.69, 9.17) is 4.74 Å². The van der Waals surface area contributed by atoms with Gasteiger partial charge in [-0.3, -0.25) is 0 Å². The van der Waals surface area contributed by atoms with Crippen LogP contribution in [0.3, 0.4) is 0 Å². The van der Waals surface area contributed by atoms with Gasteiger partial charge in [0, 0.05) is 24.0 Å². The Bertz CT molecular complexity index is 744. The highest BCUT2D eigenvalue weighted by Crippen LogP contribution is 2.25. The van der Waals surface area contributed by atoms with Crippen molar-refractivity contribution in [1.82, 2.24) is 9.71 Å². The first-order valence-electron chi connectivity index (χ1n) is 6.89. The summed E-state index contributed by atoms with van der Waals surface area (Å²) in [6.07, 6.45) is 2.39. The lowest BCUT2D eigenvalue weighted by atomic mass is 10.1. The van der Waals surface area contributed by atoms with E-state index in [1.54, 1.807) is 50.6 Å². The molecule has 1 N–H and O–H groups in total. The first-order chi connectivity index (χ1) is 10.3. The molecule has 5 nitrogen and oxygen atoms in total. The van der Waals surface area contributed by atoms with Gasteiger partial charge in [-0.05, 0) is 44.0 Å². The number of methoxy groups -OCH3 is 1. The fourth-order valence-corrected chi connectivity index (χ4v) is 4.60. The normalized spacial score (nSPS) is 11.6. The number of aromatic nitrogens is 1. The number of hydrogen-bond donors (Lipinski definition) is 1. The van der Waals surface area contributed by atoms with Crippen LogP contribution in [-0.2, 0) is 16.4 Å². The SMILES string of the molecule is COc1cc(C)c(S(=O)(=O)NCCc2ncc(C)s2)c(C)c1. The maximum Gasteiger partial charge on any atom is 0.241 e. The van der Waals surface area contributed by atoms with Crippen molar-refractivity contribution in [1.29, 1.82) is 0 Å². The van der Waals surface area contributed by atoms with Gasteiger partial charge in [0.1, 0.15) is 5.75 Å². The van der Waals surface area contributed by atoms with Crippen LogP contribution in [0.5, 0.6) is 5.75 Å². The van der Waals surface area contributed by atoms with E-state index in [1.165, 1.54) is 0 Å². The molecule has 0 amide bonds. The lowest BCUT2D eigenvalue weighted by Gasteiger charge is -2.13. The highest BCUT2D eigenvalue weighted by atomic mass is 32.2. The van der Waals surface area contributed by atoms with Crippen LogP contribution in [0.4, 0.5) is 0 Å². The van der Waals surface area contributed by atoms with Crippen LogP contribution >= 0.6 is 11.3 Å². The van der Waals surface area contributed by atoms with Crippen molar-refractivity contribution in [3.8, 4) is 5.75 Å². The fraction of sp³-hybridized carbons (Fsp3) is 0.400. The summed E-state index contributed by atoms with van der Waals surface area (Å²) in [6.45, 7) is 5.86. The molecule has 2 rings (SSSR count). The molecule has 1 aromatic carbocycles. The number of benzene rings is 1.